The molecule has 0 radical (unpaired) electrons. The van der Waals surface area contributed by atoms with Gasteiger partial charge in [-0.15, -0.1) is 0 Å². The average Bonchev–Trinajstić information content (AvgIpc) is 2.64. The lowest BCUT2D eigenvalue weighted by Gasteiger charge is -2.57. The summed E-state index contributed by atoms with van der Waals surface area (Å²) in [4.78, 5) is 14.2. The third-order valence-corrected chi connectivity index (χ3v) is 4.80. The average molecular weight is 292 g/mol. The molecule has 4 nitrogen and oxygen atoms in total. The fraction of sp³-hybridized carbons (Fsp3) is 0.824. The summed E-state index contributed by atoms with van der Waals surface area (Å²) in [5.74, 6) is 5.96. The number of nitrogens with zero attached hydrogens (tertiary/aromatic N) is 1. The summed E-state index contributed by atoms with van der Waals surface area (Å²) in [6, 6.07) is 0.338. The zero-order valence-corrected chi connectivity index (χ0v) is 13.8. The van der Waals surface area contributed by atoms with Gasteiger partial charge in [0.15, 0.2) is 0 Å². The van der Waals surface area contributed by atoms with Gasteiger partial charge < -0.3 is 15.3 Å². The first-order valence-electron chi connectivity index (χ1n) is 7.95. The second kappa shape index (κ2) is 5.98. The van der Waals surface area contributed by atoms with Crippen LogP contribution >= 0.6 is 0 Å². The van der Waals surface area contributed by atoms with Crippen LogP contribution in [0.2, 0.25) is 0 Å². The summed E-state index contributed by atoms with van der Waals surface area (Å²) >= 11 is 0. The fourth-order valence-corrected chi connectivity index (χ4v) is 4.41. The van der Waals surface area contributed by atoms with E-state index < -0.39 is 6.10 Å². The Morgan fingerprint density at radius 1 is 1.33 bits per heavy atom. The first kappa shape index (κ1) is 16.3. The highest BCUT2D eigenvalue weighted by Crippen LogP contribution is 2.52. The van der Waals surface area contributed by atoms with Crippen molar-refractivity contribution in [3.8, 4) is 11.8 Å². The number of aliphatic hydroxyl groups is 1. The van der Waals surface area contributed by atoms with Gasteiger partial charge in [0.1, 0.15) is 0 Å². The summed E-state index contributed by atoms with van der Waals surface area (Å²) in [6.07, 6.45) is 1.18. The van der Waals surface area contributed by atoms with Gasteiger partial charge in [0, 0.05) is 23.9 Å². The molecule has 0 aromatic rings. The van der Waals surface area contributed by atoms with Crippen LogP contribution in [0, 0.1) is 29.1 Å². The number of carbonyl (C=O) groups excluding carboxylic acids is 1. The van der Waals surface area contributed by atoms with Gasteiger partial charge in [0.2, 0.25) is 0 Å². The van der Waals surface area contributed by atoms with Crippen LogP contribution in [0.3, 0.4) is 0 Å². The first-order chi connectivity index (χ1) is 9.75. The van der Waals surface area contributed by atoms with Crippen LogP contribution in [0.4, 0.5) is 0 Å². The molecule has 1 heterocycles. The molecule has 2 rings (SSSR count). The highest BCUT2D eigenvalue weighted by molar-refractivity contribution is 5.93. The minimum Gasteiger partial charge on any atom is -0.391 e. The van der Waals surface area contributed by atoms with Gasteiger partial charge in [-0.3, -0.25) is 4.79 Å². The van der Waals surface area contributed by atoms with Crippen LogP contribution in [-0.2, 0) is 4.79 Å². The van der Waals surface area contributed by atoms with Crippen molar-refractivity contribution in [3.63, 3.8) is 0 Å². The first-order valence-corrected chi connectivity index (χ1v) is 7.95. The lowest BCUT2D eigenvalue weighted by Crippen LogP contribution is -2.64. The molecule has 0 aromatic carbocycles. The molecule has 21 heavy (non-hydrogen) atoms. The SMILES string of the molecule is CC(C)C#CC(=O)N[C@@H]1CC2(C[C@H]1O)CN(C)C2C(C)C. The molecule has 2 N–H and O–H groups in total. The normalized spacial score (nSPS) is 35.7. The van der Waals surface area contributed by atoms with Crippen molar-refractivity contribution in [2.24, 2.45) is 17.3 Å². The summed E-state index contributed by atoms with van der Waals surface area (Å²) in [7, 11) is 2.14. The van der Waals surface area contributed by atoms with Crippen molar-refractivity contribution >= 4 is 5.91 Å². The maximum atomic E-state index is 11.8. The van der Waals surface area contributed by atoms with E-state index in [2.05, 4.69) is 43.0 Å². The molecular weight excluding hydrogens is 264 g/mol. The quantitative estimate of drug-likeness (QED) is 0.753. The van der Waals surface area contributed by atoms with Crippen molar-refractivity contribution in [1.82, 2.24) is 10.2 Å². The van der Waals surface area contributed by atoms with Gasteiger partial charge in [-0.2, -0.15) is 0 Å². The topological polar surface area (TPSA) is 52.6 Å². The van der Waals surface area contributed by atoms with Crippen LogP contribution in [-0.4, -0.2) is 47.7 Å². The van der Waals surface area contributed by atoms with E-state index in [4.69, 9.17) is 0 Å². The monoisotopic (exact) mass is 292 g/mol. The standard InChI is InChI=1S/C17H28N2O2/c1-11(2)6-7-15(21)18-13-8-17(9-14(13)20)10-19(5)16(17)12(3)4/h11-14,16,20H,8-10H2,1-5H3,(H,18,21)/t13-,14-,16?,17?/m1/s1. The molecule has 2 aliphatic rings. The van der Waals surface area contributed by atoms with E-state index in [1.165, 1.54) is 0 Å². The van der Waals surface area contributed by atoms with Gasteiger partial charge in [-0.25, -0.2) is 0 Å². The van der Waals surface area contributed by atoms with Crippen LogP contribution < -0.4 is 5.32 Å². The molecule has 1 saturated heterocycles. The lowest BCUT2D eigenvalue weighted by molar-refractivity contribution is -0.117. The Bertz CT molecular complexity index is 458. The minimum absolute atomic E-state index is 0.158. The Morgan fingerprint density at radius 2 is 2.00 bits per heavy atom. The van der Waals surface area contributed by atoms with Crippen molar-refractivity contribution in [1.29, 1.82) is 0 Å². The van der Waals surface area contributed by atoms with Gasteiger partial charge in [0.25, 0.3) is 5.91 Å². The molecule has 1 spiro atoms. The predicted octanol–water partition coefficient (Wildman–Crippen LogP) is 1.24. The van der Waals surface area contributed by atoms with Crippen LogP contribution in [0.1, 0.15) is 40.5 Å². The number of hydrogen-bond acceptors (Lipinski definition) is 3. The molecule has 1 aliphatic heterocycles. The second-order valence-corrected chi connectivity index (χ2v) is 7.45. The maximum absolute atomic E-state index is 11.8. The Labute approximate surface area is 128 Å². The number of carbonyl (C=O) groups is 1. The summed E-state index contributed by atoms with van der Waals surface area (Å²) < 4.78 is 0. The number of nitrogens with one attached hydrogen (secondary N) is 1. The highest BCUT2D eigenvalue weighted by atomic mass is 16.3. The van der Waals surface area contributed by atoms with E-state index in [9.17, 15) is 9.90 Å². The third kappa shape index (κ3) is 3.25. The van der Waals surface area contributed by atoms with Gasteiger partial charge in [-0.05, 0) is 31.7 Å². The Morgan fingerprint density at radius 3 is 2.52 bits per heavy atom. The van der Waals surface area contributed by atoms with Crippen LogP contribution in [0.15, 0.2) is 0 Å². The number of aliphatic hydroxyl groups excluding tert-OH is 1. The molecule has 1 aliphatic carbocycles. The number of hydrogen-bond donors (Lipinski definition) is 2. The largest absolute Gasteiger partial charge is 0.391 e. The predicted molar refractivity (Wildman–Crippen MR) is 83.5 cm³/mol. The Kier molecular flexibility index (Phi) is 4.65. The van der Waals surface area contributed by atoms with Crippen LogP contribution in [0.5, 0.6) is 0 Å². The van der Waals surface area contributed by atoms with Gasteiger partial charge in [0.05, 0.1) is 12.1 Å². The van der Waals surface area contributed by atoms with E-state index in [0.717, 1.165) is 19.4 Å². The molecule has 0 bridgehead atoms. The zero-order chi connectivity index (χ0) is 15.8. The molecule has 118 valence electrons. The Hall–Kier alpha value is -1.05. The zero-order valence-electron chi connectivity index (χ0n) is 13.8. The van der Waals surface area contributed by atoms with E-state index in [1.807, 2.05) is 13.8 Å². The summed E-state index contributed by atoms with van der Waals surface area (Å²) in [5, 5.41) is 13.2. The van der Waals surface area contributed by atoms with Crippen LogP contribution in [0.25, 0.3) is 0 Å². The second-order valence-electron chi connectivity index (χ2n) is 7.45. The van der Waals surface area contributed by atoms with Crippen molar-refractivity contribution in [3.05, 3.63) is 0 Å². The number of likely N-dealkylation sites (tertiary alicyclic amines) is 1. The molecule has 2 fully saturated rings. The molecule has 4 atom stereocenters. The lowest BCUT2D eigenvalue weighted by atomic mass is 9.66. The molecular formula is C17H28N2O2. The minimum atomic E-state index is -0.454. The third-order valence-electron chi connectivity index (χ3n) is 4.80. The number of amides is 1. The molecule has 2 unspecified atom stereocenters. The highest BCUT2D eigenvalue weighted by Gasteiger charge is 2.58. The van der Waals surface area contributed by atoms with E-state index >= 15 is 0 Å². The van der Waals surface area contributed by atoms with E-state index in [1.54, 1.807) is 0 Å². The summed E-state index contributed by atoms with van der Waals surface area (Å²) in [5.41, 5.74) is 0.158. The molecule has 4 heteroatoms. The van der Waals surface area contributed by atoms with Gasteiger partial charge in [-0.1, -0.05) is 33.6 Å². The van der Waals surface area contributed by atoms with Crippen molar-refractivity contribution < 1.29 is 9.90 Å². The van der Waals surface area contributed by atoms with E-state index in [0.29, 0.717) is 12.0 Å². The molecule has 0 aromatic heterocycles. The smallest absolute Gasteiger partial charge is 0.296 e. The van der Waals surface area contributed by atoms with Gasteiger partial charge >= 0.3 is 0 Å². The molecule has 1 saturated carbocycles. The number of rotatable bonds is 2. The molecule has 1 amide bonds. The van der Waals surface area contributed by atoms with Crippen molar-refractivity contribution in [2.75, 3.05) is 13.6 Å². The van der Waals surface area contributed by atoms with Crippen molar-refractivity contribution in [2.45, 2.75) is 58.7 Å². The Balaban J connectivity index is 1.99. The summed E-state index contributed by atoms with van der Waals surface area (Å²) in [6.45, 7) is 9.38. The maximum Gasteiger partial charge on any atom is 0.296 e. The fourth-order valence-electron chi connectivity index (χ4n) is 4.41. The van der Waals surface area contributed by atoms with E-state index in [-0.39, 0.29) is 23.3 Å².